The first kappa shape index (κ1) is 14.8. The van der Waals surface area contributed by atoms with Gasteiger partial charge in [-0.1, -0.05) is 0 Å². The molecule has 0 atom stereocenters. The number of carbonyl (C=O) groups is 1. The summed E-state index contributed by atoms with van der Waals surface area (Å²) < 4.78 is 27.3. The van der Waals surface area contributed by atoms with Crippen LogP contribution in [0.4, 0.5) is 25.8 Å². The topological polar surface area (TPSA) is 75.3 Å². The standard InChI is InChI=1S/C15H14F2N2O2/c1-7-4-12(17)13(6-11(7)16)19-9-3-8(2)14(18)10(5-9)15(20)21/h3-6,19H,18H2,1-2H3,(H,20,21). The normalized spacial score (nSPS) is 10.5. The van der Waals surface area contributed by atoms with Crippen molar-refractivity contribution in [3.05, 3.63) is 52.6 Å². The smallest absolute Gasteiger partial charge is 0.337 e. The van der Waals surface area contributed by atoms with E-state index in [0.29, 0.717) is 11.3 Å². The molecule has 0 saturated heterocycles. The van der Waals surface area contributed by atoms with Crippen molar-refractivity contribution in [1.29, 1.82) is 0 Å². The average molecular weight is 292 g/mol. The predicted molar refractivity (Wildman–Crippen MR) is 76.9 cm³/mol. The zero-order valence-electron chi connectivity index (χ0n) is 11.5. The summed E-state index contributed by atoms with van der Waals surface area (Å²) >= 11 is 0. The Kier molecular flexibility index (Phi) is 3.80. The Bertz CT molecular complexity index is 730. The summed E-state index contributed by atoms with van der Waals surface area (Å²) in [5.74, 6) is -2.36. The maximum atomic E-state index is 13.8. The summed E-state index contributed by atoms with van der Waals surface area (Å²) in [6, 6.07) is 4.94. The lowest BCUT2D eigenvalue weighted by atomic mass is 10.1. The lowest BCUT2D eigenvalue weighted by Crippen LogP contribution is -2.06. The minimum absolute atomic E-state index is 0.0707. The van der Waals surface area contributed by atoms with E-state index in [0.717, 1.165) is 12.1 Å². The minimum atomic E-state index is -1.19. The van der Waals surface area contributed by atoms with Gasteiger partial charge in [0.05, 0.1) is 11.3 Å². The van der Waals surface area contributed by atoms with Crippen molar-refractivity contribution in [2.24, 2.45) is 0 Å². The van der Waals surface area contributed by atoms with Crippen molar-refractivity contribution in [1.82, 2.24) is 0 Å². The van der Waals surface area contributed by atoms with Crippen LogP contribution in [0.2, 0.25) is 0 Å². The molecule has 0 aliphatic heterocycles. The van der Waals surface area contributed by atoms with Gasteiger partial charge in [-0.2, -0.15) is 0 Å². The third-order valence-corrected chi connectivity index (χ3v) is 3.14. The molecule has 0 aromatic heterocycles. The number of nitrogens with one attached hydrogen (secondary N) is 1. The highest BCUT2D eigenvalue weighted by Gasteiger charge is 2.13. The van der Waals surface area contributed by atoms with Gasteiger partial charge in [-0.25, -0.2) is 13.6 Å². The molecule has 0 fully saturated rings. The summed E-state index contributed by atoms with van der Waals surface area (Å²) in [7, 11) is 0. The molecule has 0 saturated carbocycles. The second-order valence-electron chi connectivity index (χ2n) is 4.77. The second kappa shape index (κ2) is 5.40. The number of nitrogen functional groups attached to an aromatic ring is 1. The van der Waals surface area contributed by atoms with E-state index in [9.17, 15) is 13.6 Å². The molecule has 0 radical (unpaired) electrons. The molecule has 0 unspecified atom stereocenters. The van der Waals surface area contributed by atoms with Gasteiger partial charge in [-0.15, -0.1) is 0 Å². The largest absolute Gasteiger partial charge is 0.478 e. The number of hydrogen-bond donors (Lipinski definition) is 3. The summed E-state index contributed by atoms with van der Waals surface area (Å²) in [5.41, 5.74) is 6.70. The molecule has 0 spiro atoms. The quantitative estimate of drug-likeness (QED) is 0.755. The van der Waals surface area contributed by atoms with E-state index < -0.39 is 17.6 Å². The van der Waals surface area contributed by atoms with E-state index >= 15 is 0 Å². The van der Waals surface area contributed by atoms with Crippen molar-refractivity contribution in [3.63, 3.8) is 0 Å². The number of benzene rings is 2. The molecule has 2 rings (SSSR count). The molecule has 0 aliphatic rings. The summed E-state index contributed by atoms with van der Waals surface area (Å²) in [6.07, 6.45) is 0. The fourth-order valence-corrected chi connectivity index (χ4v) is 1.95. The molecule has 6 heteroatoms. The van der Waals surface area contributed by atoms with E-state index in [1.165, 1.54) is 13.0 Å². The summed E-state index contributed by atoms with van der Waals surface area (Å²) in [6.45, 7) is 3.09. The van der Waals surface area contributed by atoms with E-state index in [4.69, 9.17) is 10.8 Å². The number of anilines is 3. The van der Waals surface area contributed by atoms with Crippen LogP contribution in [0.1, 0.15) is 21.5 Å². The third-order valence-electron chi connectivity index (χ3n) is 3.14. The number of carboxylic acids is 1. The molecule has 21 heavy (non-hydrogen) atoms. The van der Waals surface area contributed by atoms with Gasteiger partial charge in [-0.3, -0.25) is 0 Å². The number of hydrogen-bond acceptors (Lipinski definition) is 3. The molecule has 4 nitrogen and oxygen atoms in total. The number of carboxylic acid groups (broad SMARTS) is 1. The van der Waals surface area contributed by atoms with Crippen LogP contribution in [0, 0.1) is 25.5 Å². The SMILES string of the molecule is Cc1cc(F)c(Nc2cc(C)c(N)c(C(=O)O)c2)cc1F. The number of halogens is 2. The molecule has 110 valence electrons. The summed E-state index contributed by atoms with van der Waals surface area (Å²) in [4.78, 5) is 11.1. The van der Waals surface area contributed by atoms with Gasteiger partial charge in [0.15, 0.2) is 0 Å². The van der Waals surface area contributed by atoms with Gasteiger partial charge in [0.25, 0.3) is 0 Å². The third kappa shape index (κ3) is 2.94. The molecular weight excluding hydrogens is 278 g/mol. The Morgan fingerprint density at radius 3 is 2.38 bits per heavy atom. The highest BCUT2D eigenvalue weighted by molar-refractivity contribution is 5.96. The van der Waals surface area contributed by atoms with Crippen LogP contribution in [0.25, 0.3) is 0 Å². The fourth-order valence-electron chi connectivity index (χ4n) is 1.95. The van der Waals surface area contributed by atoms with Gasteiger partial charge in [0.1, 0.15) is 11.6 Å². The molecule has 2 aromatic carbocycles. The first-order valence-corrected chi connectivity index (χ1v) is 6.15. The zero-order valence-corrected chi connectivity index (χ0v) is 11.5. The van der Waals surface area contributed by atoms with Crippen molar-refractivity contribution >= 4 is 23.0 Å². The molecule has 0 aliphatic carbocycles. The molecule has 2 aromatic rings. The van der Waals surface area contributed by atoms with Crippen molar-refractivity contribution in [3.8, 4) is 0 Å². The highest BCUT2D eigenvalue weighted by Crippen LogP contribution is 2.27. The van der Waals surface area contributed by atoms with Crippen LogP contribution in [0.5, 0.6) is 0 Å². The Hall–Kier alpha value is -2.63. The van der Waals surface area contributed by atoms with Crippen LogP contribution in [-0.4, -0.2) is 11.1 Å². The van der Waals surface area contributed by atoms with Gasteiger partial charge in [0, 0.05) is 17.4 Å². The second-order valence-corrected chi connectivity index (χ2v) is 4.77. The molecule has 0 amide bonds. The van der Waals surface area contributed by atoms with Gasteiger partial charge < -0.3 is 16.2 Å². The first-order valence-electron chi connectivity index (χ1n) is 6.15. The van der Waals surface area contributed by atoms with Crippen molar-refractivity contribution in [2.75, 3.05) is 11.1 Å². The Morgan fingerprint density at radius 2 is 1.76 bits per heavy atom. The van der Waals surface area contributed by atoms with Crippen LogP contribution in [-0.2, 0) is 0 Å². The van der Waals surface area contributed by atoms with Crippen LogP contribution >= 0.6 is 0 Å². The Morgan fingerprint density at radius 1 is 1.10 bits per heavy atom. The maximum absolute atomic E-state index is 13.8. The van der Waals surface area contributed by atoms with Crippen molar-refractivity contribution in [2.45, 2.75) is 13.8 Å². The average Bonchev–Trinajstić information content (AvgIpc) is 2.39. The maximum Gasteiger partial charge on any atom is 0.337 e. The van der Waals surface area contributed by atoms with E-state index in [-0.39, 0.29) is 22.5 Å². The van der Waals surface area contributed by atoms with E-state index in [1.807, 2.05) is 0 Å². The van der Waals surface area contributed by atoms with Gasteiger partial charge >= 0.3 is 5.97 Å². The van der Waals surface area contributed by atoms with Crippen LogP contribution in [0.3, 0.4) is 0 Å². The monoisotopic (exact) mass is 292 g/mol. The Labute approximate surface area is 120 Å². The van der Waals surface area contributed by atoms with Crippen molar-refractivity contribution < 1.29 is 18.7 Å². The molecule has 4 N–H and O–H groups in total. The molecule has 0 bridgehead atoms. The number of aryl methyl sites for hydroxylation is 2. The molecular formula is C15H14F2N2O2. The van der Waals surface area contributed by atoms with E-state index in [2.05, 4.69) is 5.32 Å². The number of rotatable bonds is 3. The van der Waals surface area contributed by atoms with Crippen LogP contribution < -0.4 is 11.1 Å². The zero-order chi connectivity index (χ0) is 15.7. The lowest BCUT2D eigenvalue weighted by molar-refractivity contribution is 0.0698. The van der Waals surface area contributed by atoms with Gasteiger partial charge in [0.2, 0.25) is 0 Å². The predicted octanol–water partition coefficient (Wildman–Crippen LogP) is 3.61. The van der Waals surface area contributed by atoms with E-state index in [1.54, 1.807) is 13.0 Å². The van der Waals surface area contributed by atoms with Gasteiger partial charge in [-0.05, 0) is 43.2 Å². The number of aromatic carboxylic acids is 1. The highest BCUT2D eigenvalue weighted by atomic mass is 19.1. The first-order chi connectivity index (χ1) is 9.79. The minimum Gasteiger partial charge on any atom is -0.478 e. The number of nitrogens with two attached hydrogens (primary N) is 1. The fraction of sp³-hybridized carbons (Fsp3) is 0.133. The summed E-state index contributed by atoms with van der Waals surface area (Å²) in [5, 5.41) is 11.7. The lowest BCUT2D eigenvalue weighted by Gasteiger charge is -2.12. The molecule has 0 heterocycles. The van der Waals surface area contributed by atoms with Crippen LogP contribution in [0.15, 0.2) is 24.3 Å². The Balaban J connectivity index is 2.45.